The summed E-state index contributed by atoms with van der Waals surface area (Å²) in [6.45, 7) is 0. The Kier molecular flexibility index (Phi) is 68.9. The van der Waals surface area contributed by atoms with E-state index in [1.165, 1.54) is 0 Å². The molecule has 144 heavy (non-hydrogen) atoms. The van der Waals surface area contributed by atoms with Crippen LogP contribution in [0.25, 0.3) is 137 Å². The molecule has 0 saturated heterocycles. The van der Waals surface area contributed by atoms with Crippen LogP contribution in [0.5, 0.6) is 0 Å². The number of hydrogen-bond acceptors (Lipinski definition) is 24. The summed E-state index contributed by atoms with van der Waals surface area (Å²) in [5.41, 5.74) is 20.3. The Morgan fingerprint density at radius 3 is 0.312 bits per heavy atom. The average Bonchev–Trinajstić information content (AvgIpc) is 1.84. The molecule has 0 atom stereocenters. The smallest absolute Gasteiger partial charge is 0.581 e. The van der Waals surface area contributed by atoms with Gasteiger partial charge in [-0.15, -0.1) is 0 Å². The summed E-state index contributed by atoms with van der Waals surface area (Å²) in [7, 11) is 0. The minimum atomic E-state index is 0. The standard InChI is InChI=1S/12C8H6N3.12Cu/c12*1-2-5-9-7(3-1)8-4-6-10-11-8;;;;;;;;;;;;/h12*1-6H;;;;;;;;;;;;/q12*-1;12*+1. The van der Waals surface area contributed by atoms with Crippen molar-refractivity contribution in [1.82, 2.24) is 182 Å². The van der Waals surface area contributed by atoms with E-state index in [1.54, 1.807) is 149 Å². The van der Waals surface area contributed by atoms with Crippen molar-refractivity contribution >= 4 is 0 Å². The van der Waals surface area contributed by atoms with Crippen LogP contribution in [0.1, 0.15) is 0 Å². The molecule has 24 aromatic heterocycles. The van der Waals surface area contributed by atoms with Crippen molar-refractivity contribution in [3.63, 3.8) is 0 Å². The van der Waals surface area contributed by atoms with E-state index < -0.39 is 0 Å². The van der Waals surface area contributed by atoms with Crippen molar-refractivity contribution in [2.45, 2.75) is 0 Å². The van der Waals surface area contributed by atoms with Gasteiger partial charge >= 0.3 is 205 Å². The minimum absolute atomic E-state index is 0. The molecule has 0 bridgehead atoms. The molecule has 0 aliphatic rings. The first kappa shape index (κ1) is 129. The van der Waals surface area contributed by atoms with Crippen LogP contribution < -0.4 is 61.2 Å². The third-order valence-electron chi connectivity index (χ3n) is 16.7. The van der Waals surface area contributed by atoms with Crippen LogP contribution in [0, 0.1) is 0 Å². The Hall–Kier alpha value is -13.4. The van der Waals surface area contributed by atoms with E-state index in [0.29, 0.717) is 0 Å². The van der Waals surface area contributed by atoms with Crippen LogP contribution in [0.15, 0.2) is 440 Å². The zero-order valence-electron chi connectivity index (χ0n) is 73.3. The molecule has 0 fully saturated rings. The Labute approximate surface area is 953 Å². The first-order valence-corrected chi connectivity index (χ1v) is 39.9. The molecule has 48 heteroatoms. The largest absolute Gasteiger partial charge is 1.00 e. The maximum atomic E-state index is 4.12. The molecule has 0 saturated carbocycles. The Morgan fingerprint density at radius 2 is 0.229 bits per heavy atom. The Morgan fingerprint density at radius 1 is 0.111 bits per heavy atom. The van der Waals surface area contributed by atoms with Crippen molar-refractivity contribution in [2.24, 2.45) is 0 Å². The van der Waals surface area contributed by atoms with Crippen LogP contribution in [0.2, 0.25) is 0 Å². The van der Waals surface area contributed by atoms with E-state index in [9.17, 15) is 0 Å². The number of aromatic nitrogens is 36. The van der Waals surface area contributed by atoms with E-state index in [2.05, 4.69) is 182 Å². The van der Waals surface area contributed by atoms with Crippen LogP contribution in [-0.4, -0.2) is 121 Å². The summed E-state index contributed by atoms with van der Waals surface area (Å²) < 4.78 is 0. The molecule has 0 aromatic carbocycles. The average molecular weight is 2490 g/mol. The molecule has 24 heterocycles. The number of hydrogen-bond donors (Lipinski definition) is 0. The molecular formula is C96H72Cu12N36. The van der Waals surface area contributed by atoms with Gasteiger partial charge in [0, 0.05) is 122 Å². The zero-order valence-corrected chi connectivity index (χ0v) is 84.6. The summed E-state index contributed by atoms with van der Waals surface area (Å²) in [5, 5.41) is 91.0. The van der Waals surface area contributed by atoms with Crippen LogP contribution in [0.4, 0.5) is 0 Å². The van der Waals surface area contributed by atoms with Gasteiger partial charge in [0.2, 0.25) is 0 Å². The summed E-state index contributed by atoms with van der Waals surface area (Å²) in [6.07, 6.45) is 40.8. The normalized spacial score (nSPS) is 9.00. The first-order chi connectivity index (χ1) is 65.6. The van der Waals surface area contributed by atoms with Gasteiger partial charge in [-0.1, -0.05) is 168 Å². The third kappa shape index (κ3) is 45.4. The van der Waals surface area contributed by atoms with Gasteiger partial charge in [-0.3, -0.25) is 59.8 Å². The van der Waals surface area contributed by atoms with Crippen LogP contribution in [0.3, 0.4) is 0 Å². The molecule has 0 aliphatic heterocycles. The van der Waals surface area contributed by atoms with E-state index in [1.807, 2.05) is 291 Å². The van der Waals surface area contributed by atoms with Gasteiger partial charge in [-0.05, 0) is 146 Å². The zero-order chi connectivity index (χ0) is 90.2. The second-order valence-corrected chi connectivity index (χ2v) is 25.6. The number of nitrogens with zero attached hydrogens (tertiary/aromatic N) is 36. The molecule has 24 rings (SSSR count). The molecule has 0 spiro atoms. The SMILES string of the molecule is [Cu+].[Cu+].[Cu+].[Cu+].[Cu+].[Cu+].[Cu+].[Cu+].[Cu+].[Cu+].[Cu+].[Cu+].c1ccc(-c2cc[n-]n2)nc1.c1ccc(-c2cc[n-]n2)nc1.c1ccc(-c2cc[n-]n2)nc1.c1ccc(-c2cc[n-]n2)nc1.c1ccc(-c2cc[n-]n2)nc1.c1ccc(-c2cc[n-]n2)nc1.c1ccc(-c2cc[n-]n2)nc1.c1ccc(-c2cc[n-]n2)nc1.c1ccc(-c2ccn[n-]2)nc1.c1ccc(-c2ccn[n-]2)nc1.c1ccc(-c2ccn[n-]2)nc1.c1ccc(-c2ccn[n-]2)nc1. The van der Waals surface area contributed by atoms with Crippen molar-refractivity contribution in [2.75, 3.05) is 0 Å². The fraction of sp³-hybridized carbons (Fsp3) is 0. The Balaban J connectivity index is 0.000000780. The van der Waals surface area contributed by atoms with Gasteiger partial charge in [-0.2, -0.15) is 49.6 Å². The summed E-state index contributed by atoms with van der Waals surface area (Å²) in [6, 6.07) is 90.5. The molecule has 0 radical (unpaired) electrons. The summed E-state index contributed by atoms with van der Waals surface area (Å²) in [5.74, 6) is 0. The molecule has 0 unspecified atom stereocenters. The summed E-state index contributed by atoms with van der Waals surface area (Å²) >= 11 is 0. The fourth-order valence-corrected chi connectivity index (χ4v) is 10.6. The van der Waals surface area contributed by atoms with Crippen molar-refractivity contribution in [1.29, 1.82) is 0 Å². The van der Waals surface area contributed by atoms with Gasteiger partial charge in [0.15, 0.2) is 0 Å². The quantitative estimate of drug-likeness (QED) is 0.103. The van der Waals surface area contributed by atoms with E-state index in [4.69, 9.17) is 0 Å². The molecule has 0 aliphatic carbocycles. The predicted molar refractivity (Wildman–Crippen MR) is 489 cm³/mol. The monoisotopic (exact) mass is 2480 g/mol. The number of rotatable bonds is 12. The molecule has 768 valence electrons. The molecule has 0 N–H and O–H groups in total. The topological polar surface area (TPSA) is 479 Å². The van der Waals surface area contributed by atoms with Crippen molar-refractivity contribution < 1.29 is 205 Å². The number of pyridine rings is 12. The van der Waals surface area contributed by atoms with Gasteiger partial charge in [0.1, 0.15) is 0 Å². The van der Waals surface area contributed by atoms with Gasteiger partial charge < -0.3 is 122 Å². The van der Waals surface area contributed by atoms with E-state index in [-0.39, 0.29) is 205 Å². The molecule has 36 nitrogen and oxygen atoms in total. The predicted octanol–water partition coefficient (Wildman–Crippen LogP) is 13.2. The van der Waals surface area contributed by atoms with Crippen LogP contribution in [-0.2, 0) is 205 Å². The Bertz CT molecular complexity index is 5310. The van der Waals surface area contributed by atoms with E-state index >= 15 is 0 Å². The first-order valence-electron chi connectivity index (χ1n) is 39.9. The van der Waals surface area contributed by atoms with Crippen molar-refractivity contribution in [3.05, 3.63) is 440 Å². The molecule has 24 aromatic rings. The second-order valence-electron chi connectivity index (χ2n) is 25.6. The maximum Gasteiger partial charge on any atom is 1.00 e. The third-order valence-corrected chi connectivity index (χ3v) is 16.7. The van der Waals surface area contributed by atoms with Crippen molar-refractivity contribution in [3.8, 4) is 137 Å². The maximum absolute atomic E-state index is 4.12. The second kappa shape index (κ2) is 77.2. The van der Waals surface area contributed by atoms with Gasteiger partial charge in [0.25, 0.3) is 0 Å². The van der Waals surface area contributed by atoms with Crippen LogP contribution >= 0.6 is 0 Å². The summed E-state index contributed by atoms with van der Waals surface area (Å²) in [4.78, 5) is 49.4. The van der Waals surface area contributed by atoms with E-state index in [0.717, 1.165) is 137 Å². The molecule has 0 amide bonds. The van der Waals surface area contributed by atoms with Gasteiger partial charge in [0.05, 0.1) is 91.1 Å². The molecular weight excluding hydrogens is 2420 g/mol. The minimum Gasteiger partial charge on any atom is -0.581 e. The van der Waals surface area contributed by atoms with Gasteiger partial charge in [-0.25, -0.2) is 0 Å². The fourth-order valence-electron chi connectivity index (χ4n) is 10.6.